The van der Waals surface area contributed by atoms with Gasteiger partial charge < -0.3 is 10.4 Å². The highest BCUT2D eigenvalue weighted by atomic mass is 32.2. The number of anilines is 1. The molecule has 1 aromatic carbocycles. The highest BCUT2D eigenvalue weighted by Crippen LogP contribution is 2.16. The summed E-state index contributed by atoms with van der Waals surface area (Å²) in [5, 5.41) is 12.1. The number of carboxylic acids is 1. The largest absolute Gasteiger partial charge is 0.478 e. The van der Waals surface area contributed by atoms with Gasteiger partial charge in [0.15, 0.2) is 0 Å². The maximum Gasteiger partial charge on any atom is 0.337 e. The molecule has 2 atom stereocenters. The lowest BCUT2D eigenvalue weighted by Gasteiger charge is -2.16. The molecule has 0 aliphatic rings. The topological polar surface area (TPSA) is 66.4 Å². The van der Waals surface area contributed by atoms with Crippen LogP contribution in [-0.2, 0) is 10.8 Å². The molecule has 1 aromatic rings. The number of benzene rings is 1. The Labute approximate surface area is 104 Å². The fraction of sp³-hybridized carbons (Fsp3) is 0.417. The minimum absolute atomic E-state index is 0.0967. The average Bonchev–Trinajstić information content (AvgIpc) is 2.27. The zero-order valence-electron chi connectivity index (χ0n) is 9.97. The minimum Gasteiger partial charge on any atom is -0.478 e. The molecule has 0 heterocycles. The van der Waals surface area contributed by atoms with Gasteiger partial charge in [-0.25, -0.2) is 4.79 Å². The molecule has 17 heavy (non-hydrogen) atoms. The molecule has 5 heteroatoms. The van der Waals surface area contributed by atoms with Gasteiger partial charge in [-0.15, -0.1) is 0 Å². The predicted octanol–water partition coefficient (Wildman–Crippen LogP) is 1.95. The first kappa shape index (κ1) is 13.7. The van der Waals surface area contributed by atoms with Crippen molar-refractivity contribution in [3.05, 3.63) is 29.8 Å². The van der Waals surface area contributed by atoms with Crippen LogP contribution in [0.4, 0.5) is 5.69 Å². The fourth-order valence-corrected chi connectivity index (χ4v) is 2.16. The number of nitrogens with one attached hydrogen (secondary N) is 1. The highest BCUT2D eigenvalue weighted by Gasteiger charge is 2.11. The van der Waals surface area contributed by atoms with Crippen LogP contribution in [0.5, 0.6) is 0 Å². The van der Waals surface area contributed by atoms with Gasteiger partial charge >= 0.3 is 5.97 Å². The summed E-state index contributed by atoms with van der Waals surface area (Å²) in [6, 6.07) is 6.89. The number of hydrogen-bond donors (Lipinski definition) is 2. The predicted molar refractivity (Wildman–Crippen MR) is 70.0 cm³/mol. The lowest BCUT2D eigenvalue weighted by molar-refractivity contribution is 0.0698. The van der Waals surface area contributed by atoms with E-state index < -0.39 is 16.8 Å². The molecule has 0 spiro atoms. The molecule has 2 unspecified atom stereocenters. The summed E-state index contributed by atoms with van der Waals surface area (Å²) in [6.45, 7) is 1.95. The molecule has 0 amide bonds. The summed E-state index contributed by atoms with van der Waals surface area (Å²) in [7, 11) is -0.815. The molecule has 0 bridgehead atoms. The molecule has 2 N–H and O–H groups in total. The van der Waals surface area contributed by atoms with Gasteiger partial charge in [-0.1, -0.05) is 12.1 Å². The third-order valence-corrected chi connectivity index (χ3v) is 3.21. The van der Waals surface area contributed by atoms with Crippen molar-refractivity contribution >= 4 is 22.5 Å². The Balaban J connectivity index is 2.67. The van der Waals surface area contributed by atoms with Crippen LogP contribution < -0.4 is 5.32 Å². The van der Waals surface area contributed by atoms with Gasteiger partial charge in [-0.05, 0) is 25.5 Å². The molecular weight excluding hydrogens is 238 g/mol. The van der Waals surface area contributed by atoms with Crippen LogP contribution in [-0.4, -0.2) is 33.3 Å². The van der Waals surface area contributed by atoms with E-state index in [9.17, 15) is 9.00 Å². The van der Waals surface area contributed by atoms with Crippen molar-refractivity contribution in [1.29, 1.82) is 0 Å². The van der Waals surface area contributed by atoms with Gasteiger partial charge in [0.2, 0.25) is 0 Å². The molecule has 0 aromatic heterocycles. The minimum atomic E-state index is -0.945. The molecule has 94 valence electrons. The number of para-hydroxylation sites is 1. The van der Waals surface area contributed by atoms with Crippen molar-refractivity contribution in [3.8, 4) is 0 Å². The Kier molecular flexibility index (Phi) is 5.15. The Morgan fingerprint density at radius 2 is 2.12 bits per heavy atom. The van der Waals surface area contributed by atoms with E-state index in [0.29, 0.717) is 11.4 Å². The van der Waals surface area contributed by atoms with Crippen molar-refractivity contribution < 1.29 is 14.1 Å². The zero-order chi connectivity index (χ0) is 12.8. The molecule has 0 fully saturated rings. The first-order valence-corrected chi connectivity index (χ1v) is 7.12. The van der Waals surface area contributed by atoms with Gasteiger partial charge in [0.05, 0.1) is 5.56 Å². The van der Waals surface area contributed by atoms with Crippen molar-refractivity contribution in [2.75, 3.05) is 17.3 Å². The van der Waals surface area contributed by atoms with Crippen LogP contribution in [0.15, 0.2) is 24.3 Å². The normalized spacial score (nSPS) is 14.0. The van der Waals surface area contributed by atoms with E-state index in [1.54, 1.807) is 30.5 Å². The summed E-state index contributed by atoms with van der Waals surface area (Å²) < 4.78 is 11.0. The van der Waals surface area contributed by atoms with Crippen molar-refractivity contribution in [3.63, 3.8) is 0 Å². The first-order valence-electron chi connectivity index (χ1n) is 5.39. The summed E-state index contributed by atoms with van der Waals surface area (Å²) in [5.74, 6) is -0.331. The third-order valence-electron chi connectivity index (χ3n) is 2.40. The quantitative estimate of drug-likeness (QED) is 0.815. The first-order chi connectivity index (χ1) is 8.00. The second kappa shape index (κ2) is 6.39. The molecule has 0 saturated heterocycles. The Morgan fingerprint density at radius 1 is 1.47 bits per heavy atom. The van der Waals surface area contributed by atoms with E-state index in [0.717, 1.165) is 6.42 Å². The maximum atomic E-state index is 11.0. The third kappa shape index (κ3) is 4.56. The van der Waals surface area contributed by atoms with Gasteiger partial charge in [0.25, 0.3) is 0 Å². The van der Waals surface area contributed by atoms with Crippen molar-refractivity contribution in [2.24, 2.45) is 0 Å². The van der Waals surface area contributed by atoms with Crippen LogP contribution in [0.2, 0.25) is 0 Å². The molecule has 0 saturated carbocycles. The SMILES string of the molecule is CC(CCS(C)=O)Nc1ccccc1C(=O)O. The van der Waals surface area contributed by atoms with E-state index in [2.05, 4.69) is 5.32 Å². The van der Waals surface area contributed by atoms with Gasteiger partial charge in [-0.3, -0.25) is 4.21 Å². The number of hydrogen-bond acceptors (Lipinski definition) is 3. The molecule has 1 rings (SSSR count). The standard InChI is InChI=1S/C12H17NO3S/c1-9(7-8-17(2)16)13-11-6-4-3-5-10(11)12(14)15/h3-6,9,13H,7-8H2,1-2H3,(H,14,15). The van der Waals surface area contributed by atoms with Crippen LogP contribution in [0, 0.1) is 0 Å². The molecule has 0 aliphatic heterocycles. The molecule has 4 nitrogen and oxygen atoms in total. The van der Waals surface area contributed by atoms with Crippen molar-refractivity contribution in [1.82, 2.24) is 0 Å². The maximum absolute atomic E-state index is 11.0. The van der Waals surface area contributed by atoms with Gasteiger partial charge in [0, 0.05) is 34.5 Å². The van der Waals surface area contributed by atoms with Gasteiger partial charge in [0.1, 0.15) is 0 Å². The van der Waals surface area contributed by atoms with Crippen molar-refractivity contribution in [2.45, 2.75) is 19.4 Å². The molecule has 0 aliphatic carbocycles. The average molecular weight is 255 g/mol. The number of carbonyl (C=O) groups is 1. The monoisotopic (exact) mass is 255 g/mol. The summed E-state index contributed by atoms with van der Waals surface area (Å²) in [5.41, 5.74) is 0.867. The summed E-state index contributed by atoms with van der Waals surface area (Å²) in [4.78, 5) is 11.0. The molecular formula is C12H17NO3S. The molecule has 0 radical (unpaired) electrons. The smallest absolute Gasteiger partial charge is 0.337 e. The highest BCUT2D eigenvalue weighted by molar-refractivity contribution is 7.84. The Hall–Kier alpha value is -1.36. The second-order valence-electron chi connectivity index (χ2n) is 3.96. The fourth-order valence-electron chi connectivity index (χ4n) is 1.48. The number of rotatable bonds is 6. The Morgan fingerprint density at radius 3 is 2.71 bits per heavy atom. The van der Waals surface area contributed by atoms with E-state index in [4.69, 9.17) is 5.11 Å². The number of carboxylic acid groups (broad SMARTS) is 1. The number of aromatic carboxylic acids is 1. The summed E-state index contributed by atoms with van der Waals surface area (Å²) >= 11 is 0. The van der Waals surface area contributed by atoms with Gasteiger partial charge in [-0.2, -0.15) is 0 Å². The van der Waals surface area contributed by atoms with Crippen LogP contribution in [0.3, 0.4) is 0 Å². The zero-order valence-corrected chi connectivity index (χ0v) is 10.8. The van der Waals surface area contributed by atoms with Crippen LogP contribution in [0.25, 0.3) is 0 Å². The van der Waals surface area contributed by atoms with Crippen LogP contribution >= 0.6 is 0 Å². The van der Waals surface area contributed by atoms with E-state index >= 15 is 0 Å². The lowest BCUT2D eigenvalue weighted by atomic mass is 10.1. The second-order valence-corrected chi connectivity index (χ2v) is 5.52. The van der Waals surface area contributed by atoms with E-state index in [1.807, 2.05) is 6.92 Å². The van der Waals surface area contributed by atoms with E-state index in [-0.39, 0.29) is 11.6 Å². The summed E-state index contributed by atoms with van der Waals surface area (Å²) in [6.07, 6.45) is 2.41. The Bertz CT molecular complexity index is 420. The van der Waals surface area contributed by atoms with Crippen LogP contribution in [0.1, 0.15) is 23.7 Å². The van der Waals surface area contributed by atoms with E-state index in [1.165, 1.54) is 0 Å². The lowest BCUT2D eigenvalue weighted by Crippen LogP contribution is -2.19.